The number of hydrogen-bond donors (Lipinski definition) is 2. The van der Waals surface area contributed by atoms with Crippen LogP contribution >= 0.6 is 0 Å². The first-order valence-corrected chi connectivity index (χ1v) is 13.7. The lowest BCUT2D eigenvalue weighted by Crippen LogP contribution is -2.09. The largest absolute Gasteiger partial charge is 0.337 e. The van der Waals surface area contributed by atoms with Gasteiger partial charge >= 0.3 is 0 Å². The highest BCUT2D eigenvalue weighted by molar-refractivity contribution is 5.85. The lowest BCUT2D eigenvalue weighted by molar-refractivity contribution is 0.897. The molecule has 4 nitrogen and oxygen atoms in total. The Morgan fingerprint density at radius 3 is 1.11 bits per heavy atom. The van der Waals surface area contributed by atoms with Crippen molar-refractivity contribution in [3.05, 3.63) is 82.9 Å². The molecular formula is C32H40N4. The third kappa shape index (κ3) is 5.87. The van der Waals surface area contributed by atoms with Gasteiger partial charge in [0.15, 0.2) is 11.6 Å². The minimum absolute atomic E-state index is 0.781. The number of para-hydroxylation sites is 4. The predicted octanol–water partition coefficient (Wildman–Crippen LogP) is 8.93. The summed E-state index contributed by atoms with van der Waals surface area (Å²) in [6.07, 6.45) is 8.53. The zero-order valence-corrected chi connectivity index (χ0v) is 22.3. The molecule has 4 rings (SSSR count). The van der Waals surface area contributed by atoms with Gasteiger partial charge in [0.2, 0.25) is 0 Å². The second-order valence-corrected chi connectivity index (χ2v) is 9.56. The standard InChI is InChI=1S/C32H40N4/c1-5-13-23-17-11-18-24(14-6-2)29(23)35-31-32(34-28-22-10-9-21-27(28)33-31)36-30-25(15-7-3)19-12-20-26(30)16-8-4/h9-12,17-22H,5-8,13-16H2,1-4H3,(H,33,35)(H,34,36). The molecule has 0 aliphatic heterocycles. The van der Waals surface area contributed by atoms with Crippen LogP contribution in [0.1, 0.15) is 75.6 Å². The van der Waals surface area contributed by atoms with Crippen LogP contribution in [0.3, 0.4) is 0 Å². The SMILES string of the molecule is CCCc1cccc(CCC)c1Nc1nc2ccccc2nc1Nc1c(CCC)cccc1CCC. The molecule has 0 amide bonds. The first kappa shape index (κ1) is 25.7. The highest BCUT2D eigenvalue weighted by Crippen LogP contribution is 2.34. The van der Waals surface area contributed by atoms with E-state index < -0.39 is 0 Å². The molecule has 0 bridgehead atoms. The lowest BCUT2D eigenvalue weighted by atomic mass is 9.99. The zero-order chi connectivity index (χ0) is 25.3. The van der Waals surface area contributed by atoms with Crippen molar-refractivity contribution in [1.29, 1.82) is 0 Å². The number of nitrogens with one attached hydrogen (secondary N) is 2. The fraction of sp³-hybridized carbons (Fsp3) is 0.375. The average Bonchev–Trinajstić information content (AvgIpc) is 2.88. The molecule has 0 radical (unpaired) electrons. The summed E-state index contributed by atoms with van der Waals surface area (Å²) in [4.78, 5) is 10.2. The molecule has 36 heavy (non-hydrogen) atoms. The summed E-state index contributed by atoms with van der Waals surface area (Å²) >= 11 is 0. The summed E-state index contributed by atoms with van der Waals surface area (Å²) in [7, 11) is 0. The van der Waals surface area contributed by atoms with Crippen LogP contribution in [0.15, 0.2) is 60.7 Å². The topological polar surface area (TPSA) is 49.8 Å². The average molecular weight is 481 g/mol. The van der Waals surface area contributed by atoms with Gasteiger partial charge in [-0.05, 0) is 60.1 Å². The third-order valence-corrected chi connectivity index (χ3v) is 6.61. The van der Waals surface area contributed by atoms with Crippen LogP contribution in [-0.2, 0) is 25.7 Å². The van der Waals surface area contributed by atoms with Gasteiger partial charge in [-0.3, -0.25) is 0 Å². The molecule has 0 fully saturated rings. The first-order valence-electron chi connectivity index (χ1n) is 13.7. The molecule has 0 atom stereocenters. The van der Waals surface area contributed by atoms with Crippen molar-refractivity contribution < 1.29 is 0 Å². The Morgan fingerprint density at radius 2 is 0.806 bits per heavy atom. The Kier molecular flexibility index (Phi) is 8.94. The van der Waals surface area contributed by atoms with Gasteiger partial charge in [0.05, 0.1) is 11.0 Å². The fourth-order valence-corrected chi connectivity index (χ4v) is 4.95. The number of aromatic nitrogens is 2. The van der Waals surface area contributed by atoms with Gasteiger partial charge in [0, 0.05) is 11.4 Å². The van der Waals surface area contributed by atoms with Gasteiger partial charge in [-0.15, -0.1) is 0 Å². The molecular weight excluding hydrogens is 440 g/mol. The Morgan fingerprint density at radius 1 is 0.472 bits per heavy atom. The summed E-state index contributed by atoms with van der Waals surface area (Å²) in [5.74, 6) is 1.56. The van der Waals surface area contributed by atoms with E-state index in [0.717, 1.165) is 74.0 Å². The van der Waals surface area contributed by atoms with Crippen molar-refractivity contribution in [2.24, 2.45) is 0 Å². The van der Waals surface area contributed by atoms with E-state index in [1.54, 1.807) is 0 Å². The lowest BCUT2D eigenvalue weighted by Gasteiger charge is -2.21. The van der Waals surface area contributed by atoms with Crippen molar-refractivity contribution in [1.82, 2.24) is 9.97 Å². The number of rotatable bonds is 12. The van der Waals surface area contributed by atoms with Crippen LogP contribution in [0.5, 0.6) is 0 Å². The van der Waals surface area contributed by atoms with Crippen molar-refractivity contribution >= 4 is 34.0 Å². The number of aryl methyl sites for hydroxylation is 4. The molecule has 1 heterocycles. The summed E-state index contributed by atoms with van der Waals surface area (Å²) in [6.45, 7) is 8.94. The summed E-state index contributed by atoms with van der Waals surface area (Å²) in [6, 6.07) is 21.4. The maximum Gasteiger partial charge on any atom is 0.174 e. The van der Waals surface area contributed by atoms with E-state index in [4.69, 9.17) is 9.97 Å². The van der Waals surface area contributed by atoms with Crippen LogP contribution in [0.25, 0.3) is 11.0 Å². The van der Waals surface area contributed by atoms with Gasteiger partial charge in [0.25, 0.3) is 0 Å². The highest BCUT2D eigenvalue weighted by Gasteiger charge is 2.16. The second-order valence-electron chi connectivity index (χ2n) is 9.56. The molecule has 0 aliphatic carbocycles. The zero-order valence-electron chi connectivity index (χ0n) is 22.3. The van der Waals surface area contributed by atoms with Crippen LogP contribution in [-0.4, -0.2) is 9.97 Å². The van der Waals surface area contributed by atoms with Crippen LogP contribution in [0, 0.1) is 0 Å². The molecule has 0 aliphatic rings. The molecule has 3 aromatic carbocycles. The van der Waals surface area contributed by atoms with Crippen molar-refractivity contribution in [2.45, 2.75) is 79.1 Å². The molecule has 0 saturated heterocycles. The number of nitrogens with zero attached hydrogens (tertiary/aromatic N) is 2. The minimum Gasteiger partial charge on any atom is -0.337 e. The van der Waals surface area contributed by atoms with E-state index in [9.17, 15) is 0 Å². The normalized spacial score (nSPS) is 11.1. The smallest absolute Gasteiger partial charge is 0.174 e. The number of hydrogen-bond acceptors (Lipinski definition) is 4. The van der Waals surface area contributed by atoms with Crippen molar-refractivity contribution in [3.63, 3.8) is 0 Å². The van der Waals surface area contributed by atoms with Gasteiger partial charge in [0.1, 0.15) is 0 Å². The summed E-state index contributed by atoms with van der Waals surface area (Å²) < 4.78 is 0. The third-order valence-electron chi connectivity index (χ3n) is 6.61. The van der Waals surface area contributed by atoms with Gasteiger partial charge in [-0.2, -0.15) is 0 Å². The molecule has 4 heteroatoms. The van der Waals surface area contributed by atoms with E-state index in [1.165, 1.54) is 33.6 Å². The van der Waals surface area contributed by atoms with E-state index >= 15 is 0 Å². The minimum atomic E-state index is 0.781. The van der Waals surface area contributed by atoms with Crippen LogP contribution in [0.4, 0.5) is 23.0 Å². The second kappa shape index (κ2) is 12.5. The van der Waals surface area contributed by atoms with E-state index in [2.05, 4.69) is 74.7 Å². The summed E-state index contributed by atoms with van der Waals surface area (Å²) in [5, 5.41) is 7.52. The van der Waals surface area contributed by atoms with Crippen LogP contribution in [0.2, 0.25) is 0 Å². The quantitative estimate of drug-likeness (QED) is 0.212. The number of anilines is 4. The molecule has 2 N–H and O–H groups in total. The molecule has 0 spiro atoms. The molecule has 0 saturated carbocycles. The Hall–Kier alpha value is -3.40. The molecule has 188 valence electrons. The van der Waals surface area contributed by atoms with Crippen molar-refractivity contribution in [3.8, 4) is 0 Å². The molecule has 0 unspecified atom stereocenters. The monoisotopic (exact) mass is 480 g/mol. The first-order chi connectivity index (χ1) is 17.7. The van der Waals surface area contributed by atoms with Gasteiger partial charge in [-0.1, -0.05) is 102 Å². The maximum atomic E-state index is 5.08. The maximum absolute atomic E-state index is 5.08. The number of benzene rings is 3. The Bertz CT molecular complexity index is 1150. The van der Waals surface area contributed by atoms with E-state index in [-0.39, 0.29) is 0 Å². The highest BCUT2D eigenvalue weighted by atomic mass is 15.1. The van der Waals surface area contributed by atoms with E-state index in [1.807, 2.05) is 24.3 Å². The van der Waals surface area contributed by atoms with E-state index in [0.29, 0.717) is 0 Å². The Labute approximate surface area is 216 Å². The Balaban J connectivity index is 1.85. The fourth-order valence-electron chi connectivity index (χ4n) is 4.95. The molecule has 4 aromatic rings. The summed E-state index contributed by atoms with van der Waals surface area (Å²) in [5.41, 5.74) is 9.50. The number of fused-ring (bicyclic) bond motifs is 1. The van der Waals surface area contributed by atoms with Gasteiger partial charge < -0.3 is 10.6 Å². The predicted molar refractivity (Wildman–Crippen MR) is 155 cm³/mol. The van der Waals surface area contributed by atoms with Crippen LogP contribution < -0.4 is 10.6 Å². The van der Waals surface area contributed by atoms with Gasteiger partial charge in [-0.25, -0.2) is 9.97 Å². The van der Waals surface area contributed by atoms with Crippen molar-refractivity contribution in [2.75, 3.05) is 10.6 Å². The molecule has 1 aromatic heterocycles.